The van der Waals surface area contributed by atoms with Crippen LogP contribution in [0.5, 0.6) is 11.5 Å². The van der Waals surface area contributed by atoms with Crippen molar-refractivity contribution in [3.8, 4) is 11.5 Å². The normalized spacial score (nSPS) is 26.1. The largest absolute Gasteiger partial charge is 0.493 e. The molecule has 0 amide bonds. The van der Waals surface area contributed by atoms with Crippen molar-refractivity contribution in [3.05, 3.63) is 23.3 Å². The zero-order chi connectivity index (χ0) is 19.0. The van der Waals surface area contributed by atoms with E-state index < -0.39 is 0 Å². The first-order valence-electron chi connectivity index (χ1n) is 10.7. The summed E-state index contributed by atoms with van der Waals surface area (Å²) in [6.07, 6.45) is 7.67. The summed E-state index contributed by atoms with van der Waals surface area (Å²) in [5, 5.41) is 0. The average molecular weight is 374 g/mol. The molecule has 2 atom stereocenters. The van der Waals surface area contributed by atoms with Crippen LogP contribution >= 0.6 is 0 Å². The van der Waals surface area contributed by atoms with Crippen LogP contribution in [0.4, 0.5) is 0 Å². The Morgan fingerprint density at radius 1 is 1.07 bits per heavy atom. The Morgan fingerprint density at radius 2 is 1.89 bits per heavy atom. The van der Waals surface area contributed by atoms with Gasteiger partial charge in [-0.15, -0.1) is 0 Å². The van der Waals surface area contributed by atoms with E-state index in [9.17, 15) is 0 Å². The van der Waals surface area contributed by atoms with Crippen LogP contribution in [0.15, 0.2) is 12.1 Å². The molecule has 2 unspecified atom stereocenters. The number of piperidine rings is 1. The van der Waals surface area contributed by atoms with Crippen molar-refractivity contribution in [1.29, 1.82) is 0 Å². The van der Waals surface area contributed by atoms with Crippen LogP contribution in [0.1, 0.15) is 70.0 Å². The van der Waals surface area contributed by atoms with Gasteiger partial charge in [-0.2, -0.15) is 0 Å². The maximum absolute atomic E-state index is 6.26. The van der Waals surface area contributed by atoms with Gasteiger partial charge in [-0.05, 0) is 82.1 Å². The lowest BCUT2D eigenvalue weighted by atomic mass is 9.85. The number of ether oxygens (including phenoxy) is 3. The summed E-state index contributed by atoms with van der Waals surface area (Å²) in [4.78, 5) is 2.61. The quantitative estimate of drug-likeness (QED) is 0.745. The number of rotatable bonds is 5. The monoisotopic (exact) mass is 373 g/mol. The van der Waals surface area contributed by atoms with Crippen molar-refractivity contribution in [3.63, 3.8) is 0 Å². The summed E-state index contributed by atoms with van der Waals surface area (Å²) in [6, 6.07) is 4.98. The van der Waals surface area contributed by atoms with E-state index >= 15 is 0 Å². The van der Waals surface area contributed by atoms with Gasteiger partial charge in [0, 0.05) is 19.1 Å². The van der Waals surface area contributed by atoms with E-state index in [1.165, 1.54) is 30.4 Å². The average Bonchev–Trinajstić information content (AvgIpc) is 2.58. The van der Waals surface area contributed by atoms with Gasteiger partial charge in [0.25, 0.3) is 0 Å². The van der Waals surface area contributed by atoms with E-state index in [-0.39, 0.29) is 5.60 Å². The molecule has 2 aliphatic heterocycles. The second-order valence-electron chi connectivity index (χ2n) is 9.50. The molecule has 2 fully saturated rings. The lowest BCUT2D eigenvalue weighted by Crippen LogP contribution is -2.47. The molecule has 2 heterocycles. The third-order valence-electron chi connectivity index (χ3n) is 6.31. The van der Waals surface area contributed by atoms with Crippen molar-refractivity contribution in [2.24, 2.45) is 5.92 Å². The fraction of sp³-hybridized carbons (Fsp3) is 0.739. The smallest absolute Gasteiger partial charge is 0.161 e. The number of methoxy groups -OCH3 is 1. The van der Waals surface area contributed by atoms with Crippen molar-refractivity contribution in [2.75, 3.05) is 26.8 Å². The zero-order valence-corrected chi connectivity index (χ0v) is 17.4. The van der Waals surface area contributed by atoms with Gasteiger partial charge in [-0.3, -0.25) is 4.90 Å². The third-order valence-corrected chi connectivity index (χ3v) is 6.31. The van der Waals surface area contributed by atoms with Gasteiger partial charge >= 0.3 is 0 Å². The van der Waals surface area contributed by atoms with Gasteiger partial charge in [0.2, 0.25) is 0 Å². The molecular formula is C23H35NO3. The Labute approximate surface area is 164 Å². The highest BCUT2D eigenvalue weighted by Gasteiger charge is 2.35. The van der Waals surface area contributed by atoms with Gasteiger partial charge in [-0.1, -0.05) is 6.42 Å². The summed E-state index contributed by atoms with van der Waals surface area (Å²) >= 11 is 0. The molecule has 3 aliphatic rings. The standard InChI is InChI=1S/C23H35NO3/c1-23(2,3)27-18-8-9-20-19-13-21(25-4)22(26-15-16-6-5-7-16)12-17(19)10-11-24(20)14-18/h12-13,16,18,20H,5-11,14-15H2,1-4H3. The molecule has 0 spiro atoms. The van der Waals surface area contributed by atoms with Crippen molar-refractivity contribution in [1.82, 2.24) is 4.90 Å². The van der Waals surface area contributed by atoms with E-state index in [2.05, 4.69) is 37.8 Å². The van der Waals surface area contributed by atoms with Gasteiger partial charge in [0.05, 0.1) is 25.4 Å². The second-order valence-corrected chi connectivity index (χ2v) is 9.50. The maximum atomic E-state index is 6.26. The zero-order valence-electron chi connectivity index (χ0n) is 17.4. The first-order chi connectivity index (χ1) is 12.9. The number of hydrogen-bond donors (Lipinski definition) is 0. The molecule has 1 aliphatic carbocycles. The van der Waals surface area contributed by atoms with Crippen molar-refractivity contribution >= 4 is 0 Å². The number of nitrogens with zero attached hydrogens (tertiary/aromatic N) is 1. The van der Waals surface area contributed by atoms with Crippen LogP contribution < -0.4 is 9.47 Å². The Balaban J connectivity index is 1.48. The molecule has 1 saturated heterocycles. The van der Waals surface area contributed by atoms with Crippen LogP contribution in [-0.4, -0.2) is 43.4 Å². The predicted molar refractivity (Wildman–Crippen MR) is 108 cm³/mol. The molecule has 27 heavy (non-hydrogen) atoms. The van der Waals surface area contributed by atoms with Gasteiger partial charge < -0.3 is 14.2 Å². The highest BCUT2D eigenvalue weighted by atomic mass is 16.5. The van der Waals surface area contributed by atoms with Crippen molar-refractivity contribution < 1.29 is 14.2 Å². The van der Waals surface area contributed by atoms with Crippen LogP contribution in [0.3, 0.4) is 0 Å². The van der Waals surface area contributed by atoms with Crippen LogP contribution in [0.25, 0.3) is 0 Å². The minimum absolute atomic E-state index is 0.0684. The molecule has 4 heteroatoms. The highest BCUT2D eigenvalue weighted by Crippen LogP contribution is 2.43. The lowest BCUT2D eigenvalue weighted by Gasteiger charge is -2.45. The van der Waals surface area contributed by atoms with E-state index in [0.717, 1.165) is 56.4 Å². The maximum Gasteiger partial charge on any atom is 0.161 e. The van der Waals surface area contributed by atoms with E-state index in [1.54, 1.807) is 7.11 Å². The van der Waals surface area contributed by atoms with E-state index in [0.29, 0.717) is 12.1 Å². The molecule has 0 radical (unpaired) electrons. The molecule has 4 nitrogen and oxygen atoms in total. The van der Waals surface area contributed by atoms with Crippen LogP contribution in [0.2, 0.25) is 0 Å². The Hall–Kier alpha value is -1.26. The highest BCUT2D eigenvalue weighted by molar-refractivity contribution is 5.49. The summed E-state index contributed by atoms with van der Waals surface area (Å²) in [5.41, 5.74) is 2.81. The molecule has 0 bridgehead atoms. The molecule has 1 aromatic carbocycles. The first kappa shape index (κ1) is 19.1. The first-order valence-corrected chi connectivity index (χ1v) is 10.7. The molecule has 4 rings (SSSR count). The Morgan fingerprint density at radius 3 is 2.56 bits per heavy atom. The molecular weight excluding hydrogens is 338 g/mol. The van der Waals surface area contributed by atoms with Gasteiger partial charge in [-0.25, -0.2) is 0 Å². The van der Waals surface area contributed by atoms with E-state index in [1.807, 2.05) is 0 Å². The van der Waals surface area contributed by atoms with Gasteiger partial charge in [0.15, 0.2) is 11.5 Å². The minimum Gasteiger partial charge on any atom is -0.493 e. The number of hydrogen-bond acceptors (Lipinski definition) is 4. The van der Waals surface area contributed by atoms with Crippen LogP contribution in [0, 0.1) is 5.92 Å². The predicted octanol–water partition coefficient (Wildman–Crippen LogP) is 4.75. The Bertz CT molecular complexity index is 662. The van der Waals surface area contributed by atoms with Crippen molar-refractivity contribution in [2.45, 2.75) is 77.0 Å². The third kappa shape index (κ3) is 4.27. The fourth-order valence-electron chi connectivity index (χ4n) is 4.75. The summed E-state index contributed by atoms with van der Waals surface area (Å²) in [7, 11) is 1.76. The molecule has 150 valence electrons. The molecule has 1 saturated carbocycles. The topological polar surface area (TPSA) is 30.9 Å². The summed E-state index contributed by atoms with van der Waals surface area (Å²) in [5.74, 6) is 2.56. The summed E-state index contributed by atoms with van der Waals surface area (Å²) < 4.78 is 18.1. The second kappa shape index (κ2) is 7.63. The molecule has 0 aromatic heterocycles. The molecule has 1 aromatic rings. The number of benzene rings is 1. The minimum atomic E-state index is -0.0684. The molecule has 0 N–H and O–H groups in total. The van der Waals surface area contributed by atoms with Gasteiger partial charge in [0.1, 0.15) is 0 Å². The summed E-state index contributed by atoms with van der Waals surface area (Å²) in [6.45, 7) is 9.43. The SMILES string of the molecule is COc1cc2c(cc1OCC1CCC1)CCN1CC(OC(C)(C)C)CCC21. The lowest BCUT2D eigenvalue weighted by molar-refractivity contribution is -0.0971. The number of fused-ring (bicyclic) bond motifs is 3. The van der Waals surface area contributed by atoms with Crippen LogP contribution in [-0.2, 0) is 11.2 Å². The van der Waals surface area contributed by atoms with E-state index in [4.69, 9.17) is 14.2 Å². The fourth-order valence-corrected chi connectivity index (χ4v) is 4.75. The Kier molecular flexibility index (Phi) is 5.39.